The lowest BCUT2D eigenvalue weighted by molar-refractivity contribution is 0.212. The van der Waals surface area contributed by atoms with Gasteiger partial charge in [-0.2, -0.15) is 0 Å². The third-order valence-corrected chi connectivity index (χ3v) is 3.49. The second kappa shape index (κ2) is 6.17. The number of nitrogens with one attached hydrogen (secondary N) is 2. The molecule has 0 saturated carbocycles. The minimum Gasteiger partial charge on any atom is -0.395 e. The molecular formula is C15H23N3O. The SMILES string of the molecule is Cc1nc2ccc(CCNC(CO)C(C)C)cc2[nH]1. The van der Waals surface area contributed by atoms with Crippen LogP contribution in [0.1, 0.15) is 25.2 Å². The molecule has 0 amide bonds. The van der Waals surface area contributed by atoms with E-state index in [0.717, 1.165) is 29.8 Å². The van der Waals surface area contributed by atoms with Crippen molar-refractivity contribution in [1.82, 2.24) is 15.3 Å². The van der Waals surface area contributed by atoms with Crippen molar-refractivity contribution in [3.63, 3.8) is 0 Å². The van der Waals surface area contributed by atoms with Crippen molar-refractivity contribution in [3.8, 4) is 0 Å². The Morgan fingerprint density at radius 3 is 2.84 bits per heavy atom. The number of aromatic amines is 1. The molecule has 4 heteroatoms. The Kier molecular flexibility index (Phi) is 4.56. The van der Waals surface area contributed by atoms with E-state index in [9.17, 15) is 5.11 Å². The predicted molar refractivity (Wildman–Crippen MR) is 78.2 cm³/mol. The van der Waals surface area contributed by atoms with Crippen LogP contribution in [-0.4, -0.2) is 34.3 Å². The highest BCUT2D eigenvalue weighted by Crippen LogP contribution is 2.13. The van der Waals surface area contributed by atoms with Crippen molar-refractivity contribution >= 4 is 11.0 Å². The first-order valence-corrected chi connectivity index (χ1v) is 6.89. The number of imidazole rings is 1. The van der Waals surface area contributed by atoms with Crippen molar-refractivity contribution in [2.45, 2.75) is 33.2 Å². The summed E-state index contributed by atoms with van der Waals surface area (Å²) in [6, 6.07) is 6.51. The number of fused-ring (bicyclic) bond motifs is 1. The summed E-state index contributed by atoms with van der Waals surface area (Å²) in [4.78, 5) is 7.65. The molecule has 0 aliphatic carbocycles. The molecule has 1 aromatic heterocycles. The van der Waals surface area contributed by atoms with Gasteiger partial charge in [0.05, 0.1) is 17.6 Å². The largest absolute Gasteiger partial charge is 0.395 e. The molecule has 0 fully saturated rings. The molecule has 4 nitrogen and oxygen atoms in total. The molecule has 0 radical (unpaired) electrons. The first-order valence-electron chi connectivity index (χ1n) is 6.89. The molecule has 2 aromatic rings. The average Bonchev–Trinajstić information content (AvgIpc) is 2.73. The summed E-state index contributed by atoms with van der Waals surface area (Å²) in [5.41, 5.74) is 3.39. The summed E-state index contributed by atoms with van der Waals surface area (Å²) < 4.78 is 0. The summed E-state index contributed by atoms with van der Waals surface area (Å²) >= 11 is 0. The highest BCUT2D eigenvalue weighted by atomic mass is 16.3. The van der Waals surface area contributed by atoms with E-state index in [1.54, 1.807) is 0 Å². The zero-order valence-corrected chi connectivity index (χ0v) is 11.9. The Bertz CT molecular complexity index is 533. The van der Waals surface area contributed by atoms with Crippen LogP contribution in [0.4, 0.5) is 0 Å². The summed E-state index contributed by atoms with van der Waals surface area (Å²) in [6.45, 7) is 7.27. The number of aryl methyl sites for hydroxylation is 1. The quantitative estimate of drug-likeness (QED) is 0.745. The lowest BCUT2D eigenvalue weighted by Gasteiger charge is -2.19. The maximum atomic E-state index is 9.26. The molecule has 1 aromatic carbocycles. The Labute approximate surface area is 114 Å². The number of hydrogen-bond acceptors (Lipinski definition) is 3. The molecule has 0 bridgehead atoms. The van der Waals surface area contributed by atoms with Crippen LogP contribution in [0.25, 0.3) is 11.0 Å². The molecule has 0 saturated heterocycles. The monoisotopic (exact) mass is 261 g/mol. The molecule has 0 spiro atoms. The van der Waals surface area contributed by atoms with Gasteiger partial charge in [-0.15, -0.1) is 0 Å². The van der Waals surface area contributed by atoms with Gasteiger partial charge in [-0.1, -0.05) is 19.9 Å². The Morgan fingerprint density at radius 1 is 1.37 bits per heavy atom. The molecule has 104 valence electrons. The molecule has 0 aliphatic heterocycles. The molecule has 19 heavy (non-hydrogen) atoms. The van der Waals surface area contributed by atoms with E-state index in [0.29, 0.717) is 5.92 Å². The van der Waals surface area contributed by atoms with E-state index in [-0.39, 0.29) is 12.6 Å². The summed E-state index contributed by atoms with van der Waals surface area (Å²) in [7, 11) is 0. The van der Waals surface area contributed by atoms with Crippen molar-refractivity contribution < 1.29 is 5.11 Å². The Morgan fingerprint density at radius 2 is 2.16 bits per heavy atom. The fourth-order valence-electron chi connectivity index (χ4n) is 2.25. The number of aliphatic hydroxyl groups excluding tert-OH is 1. The van der Waals surface area contributed by atoms with Crippen LogP contribution in [0.3, 0.4) is 0 Å². The molecule has 2 rings (SSSR count). The van der Waals surface area contributed by atoms with Gasteiger partial charge in [-0.05, 0) is 43.5 Å². The summed E-state index contributed by atoms with van der Waals surface area (Å²) in [5.74, 6) is 1.40. The highest BCUT2D eigenvalue weighted by molar-refractivity contribution is 5.75. The number of benzene rings is 1. The van der Waals surface area contributed by atoms with Crippen LogP contribution in [0.15, 0.2) is 18.2 Å². The second-order valence-corrected chi connectivity index (χ2v) is 5.41. The van der Waals surface area contributed by atoms with Crippen LogP contribution < -0.4 is 5.32 Å². The fourth-order valence-corrected chi connectivity index (χ4v) is 2.25. The second-order valence-electron chi connectivity index (χ2n) is 5.41. The third kappa shape index (κ3) is 3.55. The lowest BCUT2D eigenvalue weighted by Crippen LogP contribution is -2.38. The normalized spacial score (nSPS) is 13.3. The van der Waals surface area contributed by atoms with E-state index in [2.05, 4.69) is 47.3 Å². The fraction of sp³-hybridized carbons (Fsp3) is 0.533. The van der Waals surface area contributed by atoms with E-state index < -0.39 is 0 Å². The van der Waals surface area contributed by atoms with Gasteiger partial charge in [0.2, 0.25) is 0 Å². The molecule has 1 heterocycles. The molecule has 0 aliphatic rings. The van der Waals surface area contributed by atoms with Crippen molar-refractivity contribution in [2.75, 3.05) is 13.2 Å². The van der Waals surface area contributed by atoms with Gasteiger partial charge in [0.25, 0.3) is 0 Å². The van der Waals surface area contributed by atoms with Gasteiger partial charge in [0.15, 0.2) is 0 Å². The maximum Gasteiger partial charge on any atom is 0.104 e. The van der Waals surface area contributed by atoms with Crippen LogP contribution in [-0.2, 0) is 6.42 Å². The van der Waals surface area contributed by atoms with E-state index in [4.69, 9.17) is 0 Å². The van der Waals surface area contributed by atoms with Gasteiger partial charge < -0.3 is 15.4 Å². The minimum atomic E-state index is 0.179. The van der Waals surface area contributed by atoms with Crippen molar-refractivity contribution in [3.05, 3.63) is 29.6 Å². The Balaban J connectivity index is 1.94. The predicted octanol–water partition coefficient (Wildman–Crippen LogP) is 2.02. The Hall–Kier alpha value is -1.39. The smallest absolute Gasteiger partial charge is 0.104 e. The number of hydrogen-bond donors (Lipinski definition) is 3. The molecule has 1 unspecified atom stereocenters. The molecular weight excluding hydrogens is 238 g/mol. The van der Waals surface area contributed by atoms with Crippen LogP contribution in [0.5, 0.6) is 0 Å². The number of aromatic nitrogens is 2. The third-order valence-electron chi connectivity index (χ3n) is 3.49. The first kappa shape index (κ1) is 14.0. The zero-order valence-electron chi connectivity index (χ0n) is 11.9. The zero-order chi connectivity index (χ0) is 13.8. The topological polar surface area (TPSA) is 60.9 Å². The summed E-state index contributed by atoms with van der Waals surface area (Å²) in [5, 5.41) is 12.7. The van der Waals surface area contributed by atoms with Gasteiger partial charge in [-0.3, -0.25) is 0 Å². The van der Waals surface area contributed by atoms with E-state index in [1.807, 2.05) is 6.92 Å². The van der Waals surface area contributed by atoms with E-state index in [1.165, 1.54) is 5.56 Å². The van der Waals surface area contributed by atoms with Crippen molar-refractivity contribution in [1.29, 1.82) is 0 Å². The molecule has 1 atom stereocenters. The van der Waals surface area contributed by atoms with Crippen molar-refractivity contribution in [2.24, 2.45) is 5.92 Å². The minimum absolute atomic E-state index is 0.179. The molecule has 3 N–H and O–H groups in total. The summed E-state index contributed by atoms with van der Waals surface area (Å²) in [6.07, 6.45) is 0.956. The first-order chi connectivity index (χ1) is 9.10. The van der Waals surface area contributed by atoms with Crippen LogP contribution >= 0.6 is 0 Å². The van der Waals surface area contributed by atoms with Crippen LogP contribution in [0.2, 0.25) is 0 Å². The number of rotatable bonds is 6. The van der Waals surface area contributed by atoms with Gasteiger partial charge in [-0.25, -0.2) is 4.98 Å². The highest BCUT2D eigenvalue weighted by Gasteiger charge is 2.10. The number of aliphatic hydroxyl groups is 1. The van der Waals surface area contributed by atoms with Gasteiger partial charge in [0, 0.05) is 6.04 Å². The lowest BCUT2D eigenvalue weighted by atomic mass is 10.0. The number of nitrogens with zero attached hydrogens (tertiary/aromatic N) is 1. The maximum absolute atomic E-state index is 9.26. The number of H-pyrrole nitrogens is 1. The van der Waals surface area contributed by atoms with Crippen LogP contribution in [0, 0.1) is 12.8 Å². The average molecular weight is 261 g/mol. The standard InChI is InChI=1S/C15H23N3O/c1-10(2)15(9-19)16-7-6-12-4-5-13-14(8-12)18-11(3)17-13/h4-5,8,10,15-16,19H,6-7,9H2,1-3H3,(H,17,18). The van der Waals surface area contributed by atoms with Gasteiger partial charge >= 0.3 is 0 Å². The van der Waals surface area contributed by atoms with Gasteiger partial charge in [0.1, 0.15) is 5.82 Å². The van der Waals surface area contributed by atoms with E-state index >= 15 is 0 Å².